The Bertz CT molecular complexity index is 339. The van der Waals surface area contributed by atoms with Crippen molar-refractivity contribution in [1.82, 2.24) is 5.32 Å². The van der Waals surface area contributed by atoms with Crippen molar-refractivity contribution < 1.29 is 9.84 Å². The lowest BCUT2D eigenvalue weighted by Gasteiger charge is -2.07. The van der Waals surface area contributed by atoms with Gasteiger partial charge in [0.15, 0.2) is 17.5 Å². The van der Waals surface area contributed by atoms with Crippen molar-refractivity contribution in [3.05, 3.63) is 23.8 Å². The predicted octanol–water partition coefficient (Wildman–Crippen LogP) is 0.384. The van der Waals surface area contributed by atoms with Crippen LogP contribution in [0.1, 0.15) is 5.56 Å². The van der Waals surface area contributed by atoms with Crippen LogP contribution in [0, 0.1) is 5.41 Å². The fourth-order valence-corrected chi connectivity index (χ4v) is 1.03. The molecule has 0 heterocycles. The Morgan fingerprint density at radius 1 is 1.64 bits per heavy atom. The van der Waals surface area contributed by atoms with Crippen LogP contribution in [0.3, 0.4) is 0 Å². The van der Waals surface area contributed by atoms with Gasteiger partial charge in [0.05, 0.1) is 7.11 Å². The van der Waals surface area contributed by atoms with Crippen LogP contribution in [0.4, 0.5) is 0 Å². The molecule has 0 spiro atoms. The first-order valence-electron chi connectivity index (χ1n) is 4.07. The lowest BCUT2D eigenvalue weighted by molar-refractivity contribution is 0.373. The lowest BCUT2D eigenvalue weighted by atomic mass is 10.2. The molecule has 0 bridgehead atoms. The topological polar surface area (TPSA) is 91.4 Å². The second-order valence-electron chi connectivity index (χ2n) is 2.77. The second kappa shape index (κ2) is 4.36. The van der Waals surface area contributed by atoms with Crippen molar-refractivity contribution in [1.29, 1.82) is 5.41 Å². The summed E-state index contributed by atoms with van der Waals surface area (Å²) in [5.41, 5.74) is 6.02. The normalized spacial score (nSPS) is 9.50. The van der Waals surface area contributed by atoms with E-state index in [2.05, 4.69) is 5.32 Å². The highest BCUT2D eigenvalue weighted by atomic mass is 16.5. The van der Waals surface area contributed by atoms with Crippen LogP contribution in [0.5, 0.6) is 11.5 Å². The van der Waals surface area contributed by atoms with E-state index < -0.39 is 0 Å². The molecule has 14 heavy (non-hydrogen) atoms. The largest absolute Gasteiger partial charge is 0.504 e. The van der Waals surface area contributed by atoms with E-state index in [0.717, 1.165) is 5.56 Å². The molecular formula is C9H13N3O2. The molecule has 0 amide bonds. The van der Waals surface area contributed by atoms with Gasteiger partial charge < -0.3 is 20.9 Å². The maximum absolute atomic E-state index is 9.30. The maximum Gasteiger partial charge on any atom is 0.185 e. The third-order valence-electron chi connectivity index (χ3n) is 1.73. The molecule has 1 rings (SSSR count). The van der Waals surface area contributed by atoms with Gasteiger partial charge in [-0.15, -0.1) is 0 Å². The Morgan fingerprint density at radius 3 is 2.93 bits per heavy atom. The number of phenols is 1. The van der Waals surface area contributed by atoms with Gasteiger partial charge in [-0.2, -0.15) is 0 Å². The van der Waals surface area contributed by atoms with Gasteiger partial charge in [-0.25, -0.2) is 0 Å². The molecule has 0 saturated carbocycles. The molecule has 0 fully saturated rings. The summed E-state index contributed by atoms with van der Waals surface area (Å²) in [5, 5.41) is 18.9. The molecule has 0 aliphatic rings. The first-order chi connectivity index (χ1) is 6.63. The molecular weight excluding hydrogens is 182 g/mol. The van der Waals surface area contributed by atoms with Gasteiger partial charge in [0.2, 0.25) is 0 Å². The number of benzene rings is 1. The minimum absolute atomic E-state index is 0.0861. The van der Waals surface area contributed by atoms with E-state index in [4.69, 9.17) is 15.9 Å². The number of hydrogen-bond donors (Lipinski definition) is 4. The quantitative estimate of drug-likeness (QED) is 0.414. The fraction of sp³-hybridized carbons (Fsp3) is 0.222. The van der Waals surface area contributed by atoms with Gasteiger partial charge >= 0.3 is 0 Å². The van der Waals surface area contributed by atoms with Gasteiger partial charge in [0.25, 0.3) is 0 Å². The zero-order chi connectivity index (χ0) is 10.6. The smallest absolute Gasteiger partial charge is 0.185 e. The van der Waals surface area contributed by atoms with Crippen molar-refractivity contribution in [2.45, 2.75) is 6.54 Å². The number of nitrogens with one attached hydrogen (secondary N) is 2. The lowest BCUT2D eigenvalue weighted by Crippen LogP contribution is -2.29. The Labute approximate surface area is 82.0 Å². The molecule has 0 aliphatic carbocycles. The molecule has 5 heteroatoms. The van der Waals surface area contributed by atoms with Crippen LogP contribution < -0.4 is 15.8 Å². The average molecular weight is 195 g/mol. The Balaban J connectivity index is 2.74. The van der Waals surface area contributed by atoms with Crippen molar-refractivity contribution in [2.75, 3.05) is 7.11 Å². The van der Waals surface area contributed by atoms with E-state index in [-0.39, 0.29) is 11.7 Å². The van der Waals surface area contributed by atoms with E-state index >= 15 is 0 Å². The predicted molar refractivity (Wildman–Crippen MR) is 53.4 cm³/mol. The number of hydrogen-bond acceptors (Lipinski definition) is 3. The van der Waals surface area contributed by atoms with Crippen molar-refractivity contribution in [3.63, 3.8) is 0 Å². The maximum atomic E-state index is 9.30. The van der Waals surface area contributed by atoms with Crippen LogP contribution in [0.2, 0.25) is 0 Å². The first kappa shape index (κ1) is 10.2. The monoisotopic (exact) mass is 195 g/mol. The fourth-order valence-electron chi connectivity index (χ4n) is 1.03. The molecule has 0 saturated heterocycles. The molecule has 1 aromatic rings. The minimum Gasteiger partial charge on any atom is -0.504 e. The molecule has 0 atom stereocenters. The Kier molecular flexibility index (Phi) is 3.17. The zero-order valence-electron chi connectivity index (χ0n) is 7.87. The summed E-state index contributed by atoms with van der Waals surface area (Å²) < 4.78 is 4.93. The van der Waals surface area contributed by atoms with Crippen LogP contribution in [0.25, 0.3) is 0 Å². The van der Waals surface area contributed by atoms with Crippen LogP contribution in [-0.4, -0.2) is 18.2 Å². The number of nitrogens with two attached hydrogens (primary N) is 1. The zero-order valence-corrected chi connectivity index (χ0v) is 7.87. The molecule has 0 aliphatic heterocycles. The van der Waals surface area contributed by atoms with Gasteiger partial charge in [-0.1, -0.05) is 6.07 Å². The van der Waals surface area contributed by atoms with Crippen molar-refractivity contribution in [3.8, 4) is 11.5 Å². The number of aromatic hydroxyl groups is 1. The van der Waals surface area contributed by atoms with E-state index in [9.17, 15) is 5.11 Å². The standard InChI is InChI=1S/C9H13N3O2/c1-14-8-4-6(2-3-7(8)13)5-12-9(10)11/h2-4,13H,5H2,1H3,(H4,10,11,12). The van der Waals surface area contributed by atoms with Gasteiger partial charge in [-0.3, -0.25) is 5.41 Å². The van der Waals surface area contributed by atoms with Gasteiger partial charge in [-0.05, 0) is 17.7 Å². The number of ether oxygens (including phenoxy) is 1. The highest BCUT2D eigenvalue weighted by molar-refractivity contribution is 5.74. The highest BCUT2D eigenvalue weighted by Gasteiger charge is 2.02. The molecule has 0 radical (unpaired) electrons. The average Bonchev–Trinajstić information content (AvgIpc) is 2.16. The summed E-state index contributed by atoms with van der Waals surface area (Å²) >= 11 is 0. The summed E-state index contributed by atoms with van der Waals surface area (Å²) in [7, 11) is 1.48. The number of guanidine groups is 1. The third-order valence-corrected chi connectivity index (χ3v) is 1.73. The van der Waals surface area contributed by atoms with E-state index in [1.807, 2.05) is 0 Å². The summed E-state index contributed by atoms with van der Waals surface area (Å²) in [5.74, 6) is 0.420. The third kappa shape index (κ3) is 2.55. The van der Waals surface area contributed by atoms with E-state index in [1.165, 1.54) is 13.2 Å². The summed E-state index contributed by atoms with van der Waals surface area (Å²) in [6.45, 7) is 0.436. The molecule has 5 N–H and O–H groups in total. The van der Waals surface area contributed by atoms with E-state index in [0.29, 0.717) is 12.3 Å². The van der Waals surface area contributed by atoms with Crippen LogP contribution in [0.15, 0.2) is 18.2 Å². The molecule has 76 valence electrons. The molecule has 1 aromatic carbocycles. The second-order valence-corrected chi connectivity index (χ2v) is 2.77. The summed E-state index contributed by atoms with van der Waals surface area (Å²) in [6.07, 6.45) is 0. The van der Waals surface area contributed by atoms with Gasteiger partial charge in [0.1, 0.15) is 0 Å². The van der Waals surface area contributed by atoms with Gasteiger partial charge in [0, 0.05) is 6.54 Å². The van der Waals surface area contributed by atoms with Crippen molar-refractivity contribution in [2.24, 2.45) is 5.73 Å². The summed E-state index contributed by atoms with van der Waals surface area (Å²) in [4.78, 5) is 0. The number of rotatable bonds is 3. The minimum atomic E-state index is -0.0861. The highest BCUT2D eigenvalue weighted by Crippen LogP contribution is 2.25. The first-order valence-corrected chi connectivity index (χ1v) is 4.07. The van der Waals surface area contributed by atoms with E-state index in [1.54, 1.807) is 12.1 Å². The molecule has 0 unspecified atom stereocenters. The van der Waals surface area contributed by atoms with Crippen molar-refractivity contribution >= 4 is 5.96 Å². The Morgan fingerprint density at radius 2 is 2.36 bits per heavy atom. The summed E-state index contributed by atoms with van der Waals surface area (Å²) in [6, 6.07) is 4.95. The molecule has 0 aromatic heterocycles. The van der Waals surface area contributed by atoms with Crippen LogP contribution in [-0.2, 0) is 6.54 Å². The van der Waals surface area contributed by atoms with Crippen LogP contribution >= 0.6 is 0 Å². The molecule has 5 nitrogen and oxygen atoms in total. The number of methoxy groups -OCH3 is 1. The SMILES string of the molecule is COc1cc(CNC(=N)N)ccc1O. The number of phenolic OH excluding ortho intramolecular Hbond substituents is 1. The Hall–Kier alpha value is -1.91.